The summed E-state index contributed by atoms with van der Waals surface area (Å²) in [7, 11) is -3.52. The number of carbonyl (C=O) groups excluding carboxylic acids is 1. The number of nitrogens with zero attached hydrogens (tertiary/aromatic N) is 1. The molecule has 1 N–H and O–H groups in total. The fraction of sp³-hybridized carbons (Fsp3) is 0.208. The van der Waals surface area contributed by atoms with Crippen LogP contribution in [0.5, 0.6) is 0 Å². The van der Waals surface area contributed by atoms with Gasteiger partial charge in [0.05, 0.1) is 31.7 Å². The van der Waals surface area contributed by atoms with Gasteiger partial charge in [-0.25, -0.2) is 8.42 Å². The van der Waals surface area contributed by atoms with E-state index in [0.717, 1.165) is 17.4 Å². The second kappa shape index (κ2) is 11.1. The zero-order valence-corrected chi connectivity index (χ0v) is 19.3. The van der Waals surface area contributed by atoms with E-state index in [4.69, 9.17) is 16.3 Å². The molecule has 3 aromatic carbocycles. The summed E-state index contributed by atoms with van der Waals surface area (Å²) in [5.41, 5.74) is 2.79. The third-order valence-corrected chi connectivity index (χ3v) is 6.09. The smallest absolute Gasteiger partial charge is 0.251 e. The lowest BCUT2D eigenvalue weighted by Gasteiger charge is -2.23. The maximum Gasteiger partial charge on any atom is 0.251 e. The number of amides is 1. The molecule has 0 atom stereocenters. The van der Waals surface area contributed by atoms with Crippen molar-refractivity contribution in [3.8, 4) is 0 Å². The van der Waals surface area contributed by atoms with Crippen molar-refractivity contribution in [3.63, 3.8) is 0 Å². The molecule has 0 aromatic heterocycles. The summed E-state index contributed by atoms with van der Waals surface area (Å²) in [5, 5.41) is 3.38. The normalized spacial score (nSPS) is 11.2. The molecule has 0 saturated carbocycles. The van der Waals surface area contributed by atoms with Crippen LogP contribution in [0.15, 0.2) is 78.9 Å². The summed E-state index contributed by atoms with van der Waals surface area (Å²) >= 11 is 5.91. The van der Waals surface area contributed by atoms with Crippen molar-refractivity contribution in [2.24, 2.45) is 0 Å². The molecule has 0 aliphatic rings. The van der Waals surface area contributed by atoms with E-state index in [1.165, 1.54) is 4.31 Å². The molecular weight excluding hydrogens is 448 g/mol. The van der Waals surface area contributed by atoms with Gasteiger partial charge in [-0.15, -0.1) is 0 Å². The Kier molecular flexibility index (Phi) is 8.27. The number of carbonyl (C=O) groups is 1. The van der Waals surface area contributed by atoms with Crippen LogP contribution in [-0.2, 0) is 27.9 Å². The second-order valence-corrected chi connectivity index (χ2v) is 9.58. The van der Waals surface area contributed by atoms with Crippen LogP contribution in [0.3, 0.4) is 0 Å². The summed E-state index contributed by atoms with van der Waals surface area (Å²) in [6.45, 7) is 1.42. The minimum absolute atomic E-state index is 0.167. The van der Waals surface area contributed by atoms with Crippen molar-refractivity contribution in [1.82, 2.24) is 5.32 Å². The predicted octanol–water partition coefficient (Wildman–Crippen LogP) is 4.25. The first kappa shape index (κ1) is 23.8. The average Bonchev–Trinajstić information content (AvgIpc) is 2.78. The maximum absolute atomic E-state index is 12.4. The summed E-state index contributed by atoms with van der Waals surface area (Å²) in [6.07, 6.45) is 1.15. The van der Waals surface area contributed by atoms with Crippen LogP contribution < -0.4 is 9.62 Å². The van der Waals surface area contributed by atoms with Crippen molar-refractivity contribution in [2.75, 3.05) is 23.7 Å². The highest BCUT2D eigenvalue weighted by molar-refractivity contribution is 7.92. The summed E-state index contributed by atoms with van der Waals surface area (Å²) in [6, 6.07) is 23.3. The molecule has 8 heteroatoms. The van der Waals surface area contributed by atoms with Crippen LogP contribution in [0.25, 0.3) is 0 Å². The number of nitrogens with one attached hydrogen (secondary N) is 1. The van der Waals surface area contributed by atoms with Gasteiger partial charge in [-0.2, -0.15) is 0 Å². The van der Waals surface area contributed by atoms with E-state index in [1.807, 2.05) is 30.3 Å². The SMILES string of the molecule is CS(=O)(=O)N(Cc1ccc(Cl)cc1)c1ccc(C(=O)NCCOCc2ccccc2)cc1. The molecular formula is C24H25ClN2O4S. The molecule has 3 aromatic rings. The first-order chi connectivity index (χ1) is 15.3. The molecule has 0 aliphatic heterocycles. The van der Waals surface area contributed by atoms with Crippen molar-refractivity contribution in [1.29, 1.82) is 0 Å². The molecule has 3 rings (SSSR count). The summed E-state index contributed by atoms with van der Waals surface area (Å²) in [5.74, 6) is -0.247. The number of hydrogen-bond donors (Lipinski definition) is 1. The fourth-order valence-corrected chi connectivity index (χ4v) is 4.05. The Morgan fingerprint density at radius 3 is 2.22 bits per heavy atom. The van der Waals surface area contributed by atoms with Crippen molar-refractivity contribution < 1.29 is 17.9 Å². The topological polar surface area (TPSA) is 75.7 Å². The number of sulfonamides is 1. The Hall–Kier alpha value is -2.87. The van der Waals surface area contributed by atoms with E-state index < -0.39 is 10.0 Å². The lowest BCUT2D eigenvalue weighted by molar-refractivity contribution is 0.0901. The second-order valence-electron chi connectivity index (χ2n) is 7.24. The quantitative estimate of drug-likeness (QED) is 0.447. The number of benzene rings is 3. The van der Waals surface area contributed by atoms with E-state index in [0.29, 0.717) is 36.0 Å². The zero-order chi connectivity index (χ0) is 23.0. The van der Waals surface area contributed by atoms with Gasteiger partial charge in [0, 0.05) is 17.1 Å². The standard InChI is InChI=1S/C24H25ClN2O4S/c1-32(29,30)27(17-19-7-11-22(25)12-8-19)23-13-9-21(10-14-23)24(28)26-15-16-31-18-20-5-3-2-4-6-20/h2-14H,15-18H2,1H3,(H,26,28). The van der Waals surface area contributed by atoms with Crippen LogP contribution in [0.4, 0.5) is 5.69 Å². The Bertz CT molecular complexity index is 1120. The fourth-order valence-electron chi connectivity index (χ4n) is 3.04. The van der Waals surface area contributed by atoms with E-state index >= 15 is 0 Å². The zero-order valence-electron chi connectivity index (χ0n) is 17.7. The molecule has 0 heterocycles. The molecule has 32 heavy (non-hydrogen) atoms. The Morgan fingerprint density at radius 1 is 0.938 bits per heavy atom. The van der Waals surface area contributed by atoms with Crippen molar-refractivity contribution in [3.05, 3.63) is 101 Å². The third kappa shape index (κ3) is 7.09. The van der Waals surface area contributed by atoms with Crippen LogP contribution in [-0.4, -0.2) is 33.7 Å². The van der Waals surface area contributed by atoms with Crippen LogP contribution in [0.1, 0.15) is 21.5 Å². The van der Waals surface area contributed by atoms with E-state index in [1.54, 1.807) is 48.5 Å². The maximum atomic E-state index is 12.4. The van der Waals surface area contributed by atoms with Gasteiger partial charge in [0.2, 0.25) is 10.0 Å². The molecule has 0 bridgehead atoms. The van der Waals surface area contributed by atoms with E-state index in [9.17, 15) is 13.2 Å². The highest BCUT2D eigenvalue weighted by atomic mass is 35.5. The lowest BCUT2D eigenvalue weighted by Crippen LogP contribution is -2.30. The molecule has 0 radical (unpaired) electrons. The summed E-state index contributed by atoms with van der Waals surface area (Å²) < 4.78 is 31.5. The van der Waals surface area contributed by atoms with Crippen LogP contribution in [0.2, 0.25) is 5.02 Å². The van der Waals surface area contributed by atoms with Crippen LogP contribution >= 0.6 is 11.6 Å². The van der Waals surface area contributed by atoms with Gasteiger partial charge >= 0.3 is 0 Å². The molecule has 6 nitrogen and oxygen atoms in total. The number of rotatable bonds is 10. The van der Waals surface area contributed by atoms with Gasteiger partial charge in [0.1, 0.15) is 0 Å². The van der Waals surface area contributed by atoms with E-state index in [-0.39, 0.29) is 12.5 Å². The van der Waals surface area contributed by atoms with Crippen LogP contribution in [0, 0.1) is 0 Å². The Labute approximate surface area is 193 Å². The molecule has 0 aliphatic carbocycles. The third-order valence-electron chi connectivity index (χ3n) is 4.70. The van der Waals surface area contributed by atoms with Gasteiger partial charge in [-0.1, -0.05) is 54.1 Å². The van der Waals surface area contributed by atoms with Gasteiger partial charge in [0.25, 0.3) is 5.91 Å². The summed E-state index contributed by atoms with van der Waals surface area (Å²) in [4.78, 5) is 12.4. The Balaban J connectivity index is 1.55. The minimum Gasteiger partial charge on any atom is -0.375 e. The van der Waals surface area contributed by atoms with Gasteiger partial charge in [-0.05, 0) is 47.5 Å². The average molecular weight is 473 g/mol. The predicted molar refractivity (Wildman–Crippen MR) is 127 cm³/mol. The molecule has 0 unspecified atom stereocenters. The van der Waals surface area contributed by atoms with E-state index in [2.05, 4.69) is 5.32 Å². The molecule has 1 amide bonds. The molecule has 0 fully saturated rings. The van der Waals surface area contributed by atoms with Gasteiger partial charge < -0.3 is 10.1 Å². The largest absolute Gasteiger partial charge is 0.375 e. The molecule has 168 valence electrons. The van der Waals surface area contributed by atoms with Crippen molar-refractivity contribution in [2.45, 2.75) is 13.2 Å². The van der Waals surface area contributed by atoms with Gasteiger partial charge in [-0.3, -0.25) is 9.10 Å². The lowest BCUT2D eigenvalue weighted by atomic mass is 10.2. The molecule has 0 spiro atoms. The first-order valence-electron chi connectivity index (χ1n) is 10.0. The van der Waals surface area contributed by atoms with Gasteiger partial charge in [0.15, 0.2) is 0 Å². The Morgan fingerprint density at radius 2 is 1.59 bits per heavy atom. The monoisotopic (exact) mass is 472 g/mol. The molecule has 0 saturated heterocycles. The highest BCUT2D eigenvalue weighted by Crippen LogP contribution is 2.22. The minimum atomic E-state index is -3.52. The number of ether oxygens (including phenoxy) is 1. The number of anilines is 1. The highest BCUT2D eigenvalue weighted by Gasteiger charge is 2.18. The van der Waals surface area contributed by atoms with Crippen molar-refractivity contribution >= 4 is 33.2 Å². The number of halogens is 1. The number of hydrogen-bond acceptors (Lipinski definition) is 4. The first-order valence-corrected chi connectivity index (χ1v) is 12.3.